The molecule has 2 N–H and O–H groups in total. The van der Waals surface area contributed by atoms with Gasteiger partial charge < -0.3 is 29.6 Å². The molecule has 1 aliphatic heterocycles. The van der Waals surface area contributed by atoms with Crippen LogP contribution in [-0.2, 0) is 36.9 Å². The molecule has 0 radical (unpaired) electrons. The lowest BCUT2D eigenvalue weighted by Crippen LogP contribution is -2.59. The van der Waals surface area contributed by atoms with Gasteiger partial charge in [0.1, 0.15) is 28.9 Å². The van der Waals surface area contributed by atoms with E-state index in [0.29, 0.717) is 19.0 Å². The quantitative estimate of drug-likeness (QED) is 0.129. The summed E-state index contributed by atoms with van der Waals surface area (Å²) in [6.45, 7) is 9.61. The summed E-state index contributed by atoms with van der Waals surface area (Å²) in [5, 5.41) is 5.27. The van der Waals surface area contributed by atoms with E-state index in [1.807, 2.05) is 71.6 Å². The van der Waals surface area contributed by atoms with E-state index in [2.05, 4.69) is 51.7 Å². The average Bonchev–Trinajstić information content (AvgIpc) is 3.65. The summed E-state index contributed by atoms with van der Waals surface area (Å²) >= 11 is 0. The summed E-state index contributed by atoms with van der Waals surface area (Å²) in [5.41, 5.74) is 1.17. The van der Waals surface area contributed by atoms with Crippen molar-refractivity contribution in [2.45, 2.75) is 96.6 Å². The second kappa shape index (κ2) is 19.9. The lowest BCUT2D eigenvalue weighted by atomic mass is 9.90. The topological polar surface area (TPSA) is 132 Å². The lowest BCUT2D eigenvalue weighted by molar-refractivity contribution is -0.135. The number of amides is 3. The Balaban J connectivity index is 1.26. The maximum Gasteiger partial charge on any atom is 0.408 e. The Bertz CT molecular complexity index is 1990. The van der Waals surface area contributed by atoms with Crippen LogP contribution in [0.1, 0.15) is 88.7 Å². The molecule has 1 fully saturated rings. The predicted molar refractivity (Wildman–Crippen MR) is 219 cm³/mol. The van der Waals surface area contributed by atoms with Gasteiger partial charge in [0.2, 0.25) is 17.6 Å². The normalized spacial score (nSPS) is 14.4. The van der Waals surface area contributed by atoms with Gasteiger partial charge in [-0.25, -0.2) is 9.78 Å². The zero-order valence-corrected chi connectivity index (χ0v) is 33.7. The zero-order valence-electron chi connectivity index (χ0n) is 33.7. The average molecular weight is 774 g/mol. The molecule has 11 heteroatoms. The number of aromatic nitrogens is 2. The molecule has 11 nitrogen and oxygen atoms in total. The van der Waals surface area contributed by atoms with Crippen LogP contribution in [0.4, 0.5) is 4.79 Å². The first-order chi connectivity index (χ1) is 27.3. The van der Waals surface area contributed by atoms with E-state index in [0.717, 1.165) is 43.2 Å². The third-order valence-electron chi connectivity index (χ3n) is 9.81. The molecular formula is C46H55N5O6. The predicted octanol–water partition coefficient (Wildman–Crippen LogP) is 6.66. The molecule has 1 aromatic heterocycles. The first kappa shape index (κ1) is 42.4. The summed E-state index contributed by atoms with van der Waals surface area (Å²) < 4.78 is 12.9. The Labute approximate surface area is 336 Å². The van der Waals surface area contributed by atoms with E-state index in [9.17, 15) is 19.2 Å². The molecule has 0 aliphatic carbocycles. The third-order valence-corrected chi connectivity index (χ3v) is 9.81. The minimum atomic E-state index is -1.43. The second-order valence-electron chi connectivity index (χ2n) is 16.1. The van der Waals surface area contributed by atoms with Gasteiger partial charge in [-0.2, -0.15) is 0 Å². The monoisotopic (exact) mass is 773 g/mol. The van der Waals surface area contributed by atoms with E-state index in [4.69, 9.17) is 9.47 Å². The number of aryl methyl sites for hydroxylation is 1. The molecule has 300 valence electrons. The highest BCUT2D eigenvalue weighted by atomic mass is 16.6. The van der Waals surface area contributed by atoms with Crippen LogP contribution in [0.3, 0.4) is 0 Å². The maximum atomic E-state index is 14.2. The minimum Gasteiger partial charge on any atom is -0.444 e. The number of nitrogens with one attached hydrogen (secondary N) is 2. The Kier molecular flexibility index (Phi) is 14.8. The van der Waals surface area contributed by atoms with Gasteiger partial charge in [-0.05, 0) is 101 Å². The van der Waals surface area contributed by atoms with E-state index >= 15 is 0 Å². The Morgan fingerprint density at radius 1 is 0.860 bits per heavy atom. The van der Waals surface area contributed by atoms with Crippen molar-refractivity contribution in [1.29, 1.82) is 0 Å². The fourth-order valence-corrected chi connectivity index (χ4v) is 6.69. The molecule has 3 aromatic carbocycles. The van der Waals surface area contributed by atoms with Gasteiger partial charge in [0.25, 0.3) is 0 Å². The van der Waals surface area contributed by atoms with Gasteiger partial charge in [-0.1, -0.05) is 91.0 Å². The smallest absolute Gasteiger partial charge is 0.408 e. The standard InChI is InChI=1S/C46H55N5O6/c1-45(2,3)57-44(55)49-46(4,5)43(54)48-39(32-56-31-36-18-11-7-12-19-36)40(52)25-24-38-30-51(33-47-38)41(37-22-13-8-14-23-37)42(53)50-28-26-35(27-29-50)21-15-20-34-16-9-6-10-17-34/h6-14,16-19,22-23,30,33,35,39,41H,15,20-21,26-29,31-32H2,1-5H3,(H,48,54)(H,49,55)/t39-,41?/m1/s1. The fourth-order valence-electron chi connectivity index (χ4n) is 6.69. The molecule has 3 amide bonds. The molecule has 1 unspecified atom stereocenters. The van der Waals surface area contributed by atoms with Crippen LogP contribution in [0, 0.1) is 17.8 Å². The molecule has 1 aliphatic rings. The molecule has 4 aromatic rings. The van der Waals surface area contributed by atoms with Crippen molar-refractivity contribution >= 4 is 23.7 Å². The summed E-state index contributed by atoms with van der Waals surface area (Å²) in [6, 6.07) is 27.8. The van der Waals surface area contributed by atoms with Crippen LogP contribution in [0.2, 0.25) is 0 Å². The maximum absolute atomic E-state index is 14.2. The number of imidazole rings is 1. The van der Waals surface area contributed by atoms with Crippen molar-refractivity contribution in [3.05, 3.63) is 126 Å². The Morgan fingerprint density at radius 2 is 1.47 bits per heavy atom. The zero-order chi connectivity index (χ0) is 40.8. The first-order valence-electron chi connectivity index (χ1n) is 19.7. The van der Waals surface area contributed by atoms with Gasteiger partial charge in [0.15, 0.2) is 0 Å². The number of carbonyl (C=O) groups excluding carboxylic acids is 4. The van der Waals surface area contributed by atoms with Gasteiger partial charge in [-0.15, -0.1) is 0 Å². The summed E-state index contributed by atoms with van der Waals surface area (Å²) in [5.74, 6) is 4.80. The number of rotatable bonds is 15. The molecular weight excluding hydrogens is 719 g/mol. The molecule has 0 saturated carbocycles. The number of hydrogen-bond acceptors (Lipinski definition) is 7. The summed E-state index contributed by atoms with van der Waals surface area (Å²) in [4.78, 5) is 60.1. The third kappa shape index (κ3) is 13.2. The highest BCUT2D eigenvalue weighted by molar-refractivity contribution is 6.03. The number of likely N-dealkylation sites (tertiary alicyclic amines) is 1. The lowest BCUT2D eigenvalue weighted by Gasteiger charge is -2.34. The Morgan fingerprint density at radius 3 is 2.11 bits per heavy atom. The molecule has 57 heavy (non-hydrogen) atoms. The van der Waals surface area contributed by atoms with Crippen molar-refractivity contribution in [2.24, 2.45) is 5.92 Å². The number of alkyl carbamates (subject to hydrolysis) is 1. The van der Waals surface area contributed by atoms with Crippen molar-refractivity contribution in [3.8, 4) is 11.8 Å². The highest BCUT2D eigenvalue weighted by Gasteiger charge is 2.35. The molecule has 1 saturated heterocycles. The highest BCUT2D eigenvalue weighted by Crippen LogP contribution is 2.27. The molecule has 0 spiro atoms. The van der Waals surface area contributed by atoms with E-state index in [-0.39, 0.29) is 24.8 Å². The van der Waals surface area contributed by atoms with Crippen molar-refractivity contribution in [2.75, 3.05) is 19.7 Å². The van der Waals surface area contributed by atoms with Crippen molar-refractivity contribution < 1.29 is 28.7 Å². The van der Waals surface area contributed by atoms with E-state index < -0.39 is 41.0 Å². The van der Waals surface area contributed by atoms with E-state index in [1.54, 1.807) is 37.9 Å². The van der Waals surface area contributed by atoms with Crippen LogP contribution in [0.25, 0.3) is 0 Å². The van der Waals surface area contributed by atoms with Crippen molar-refractivity contribution in [3.63, 3.8) is 0 Å². The number of hydrogen-bond donors (Lipinski definition) is 2. The second-order valence-corrected chi connectivity index (χ2v) is 16.1. The SMILES string of the molecule is CC(C)(C)OC(=O)NC(C)(C)C(=O)N[C@H](COCc1ccccc1)C(=O)C#Cc1cn(C(C(=O)N2CCC(CCCc3ccccc3)CC2)c2ccccc2)cn1. The number of carbonyl (C=O) groups is 4. The summed E-state index contributed by atoms with van der Waals surface area (Å²) in [6.07, 6.45) is 7.73. The molecule has 2 atom stereocenters. The summed E-state index contributed by atoms with van der Waals surface area (Å²) in [7, 11) is 0. The van der Waals surface area contributed by atoms with Crippen LogP contribution in [0.5, 0.6) is 0 Å². The van der Waals surface area contributed by atoms with E-state index in [1.165, 1.54) is 19.4 Å². The number of piperidine rings is 1. The van der Waals surface area contributed by atoms with Gasteiger partial charge in [-0.3, -0.25) is 14.4 Å². The molecule has 5 rings (SSSR count). The van der Waals surface area contributed by atoms with Gasteiger partial charge >= 0.3 is 6.09 Å². The van der Waals surface area contributed by atoms with Gasteiger partial charge in [0, 0.05) is 19.3 Å². The number of ether oxygens (including phenoxy) is 2. The number of benzene rings is 3. The van der Waals surface area contributed by atoms with Crippen LogP contribution >= 0.6 is 0 Å². The number of ketones is 1. The van der Waals surface area contributed by atoms with Crippen LogP contribution in [-0.4, -0.2) is 75.0 Å². The number of nitrogens with zero attached hydrogens (tertiary/aromatic N) is 3. The minimum absolute atomic E-state index is 0.0159. The van der Waals surface area contributed by atoms with Crippen LogP contribution < -0.4 is 10.6 Å². The molecule has 0 bridgehead atoms. The first-order valence-corrected chi connectivity index (χ1v) is 19.7. The largest absolute Gasteiger partial charge is 0.444 e. The van der Waals surface area contributed by atoms with Crippen LogP contribution in [0.15, 0.2) is 104 Å². The van der Waals surface area contributed by atoms with Crippen molar-refractivity contribution in [1.82, 2.24) is 25.1 Å². The number of Topliss-reactive ketones (excluding diaryl/α,β-unsaturated/α-hetero) is 1. The Hall–Kier alpha value is -5.73. The fraction of sp³-hybridized carbons (Fsp3) is 0.413. The molecule has 2 heterocycles. The van der Waals surface area contributed by atoms with Gasteiger partial charge in [0.05, 0.1) is 19.5 Å².